The molecule has 0 amide bonds. The monoisotopic (exact) mass is 308 g/mol. The number of thiazole rings is 1. The molecule has 0 bridgehead atoms. The molecule has 3 nitrogen and oxygen atoms in total. The van der Waals surface area contributed by atoms with Crippen LogP contribution in [0.5, 0.6) is 0 Å². The Bertz CT molecular complexity index is 593. The molecule has 5 heteroatoms. The summed E-state index contributed by atoms with van der Waals surface area (Å²) in [6.07, 6.45) is 0. The van der Waals surface area contributed by atoms with E-state index >= 15 is 0 Å². The molecule has 0 saturated carbocycles. The van der Waals surface area contributed by atoms with Gasteiger partial charge in [-0.15, -0.1) is 11.3 Å². The maximum atomic E-state index is 13.6. The molecule has 0 aliphatic carbocycles. The Hall–Kier alpha value is -1.30. The highest BCUT2D eigenvalue weighted by atomic mass is 32.1. The zero-order valence-corrected chi connectivity index (χ0v) is 13.7. The van der Waals surface area contributed by atoms with Crippen LogP contribution in [0.15, 0.2) is 18.2 Å². The van der Waals surface area contributed by atoms with Crippen LogP contribution in [0.1, 0.15) is 32.7 Å². The minimum atomic E-state index is -0.223. The lowest BCUT2D eigenvalue weighted by Crippen LogP contribution is -2.26. The first-order chi connectivity index (χ1) is 10.0. The van der Waals surface area contributed by atoms with E-state index < -0.39 is 0 Å². The Balaban J connectivity index is 2.37. The molecule has 1 aromatic carbocycles. The predicted octanol–water partition coefficient (Wildman–Crippen LogP) is 3.53. The number of hydrogen-bond acceptors (Lipinski definition) is 4. The Kier molecular flexibility index (Phi) is 5.45. The topological polar surface area (TPSA) is 34.1 Å². The second-order valence-electron chi connectivity index (χ2n) is 5.07. The van der Waals surface area contributed by atoms with Gasteiger partial charge in [0.05, 0.1) is 18.3 Å². The first-order valence-corrected chi connectivity index (χ1v) is 7.77. The van der Waals surface area contributed by atoms with Gasteiger partial charge in [0.25, 0.3) is 0 Å². The fourth-order valence-corrected chi connectivity index (χ4v) is 3.20. The van der Waals surface area contributed by atoms with Gasteiger partial charge in [-0.2, -0.15) is 0 Å². The third kappa shape index (κ3) is 3.87. The van der Waals surface area contributed by atoms with Crippen LogP contribution in [0.25, 0.3) is 0 Å². The zero-order valence-electron chi connectivity index (χ0n) is 12.9. The molecule has 0 radical (unpaired) electrons. The highest BCUT2D eigenvalue weighted by Gasteiger charge is 2.20. The molecule has 21 heavy (non-hydrogen) atoms. The van der Waals surface area contributed by atoms with Gasteiger partial charge in [-0.3, -0.25) is 0 Å². The van der Waals surface area contributed by atoms with E-state index in [4.69, 9.17) is 4.74 Å². The van der Waals surface area contributed by atoms with E-state index in [9.17, 15) is 4.39 Å². The van der Waals surface area contributed by atoms with E-state index in [0.29, 0.717) is 13.2 Å². The van der Waals surface area contributed by atoms with Crippen molar-refractivity contribution in [3.8, 4) is 0 Å². The van der Waals surface area contributed by atoms with E-state index in [-0.39, 0.29) is 11.9 Å². The van der Waals surface area contributed by atoms with Gasteiger partial charge >= 0.3 is 0 Å². The minimum Gasteiger partial charge on any atom is -0.383 e. The van der Waals surface area contributed by atoms with Crippen molar-refractivity contribution in [1.29, 1.82) is 0 Å². The quantitative estimate of drug-likeness (QED) is 0.829. The largest absolute Gasteiger partial charge is 0.383 e. The number of rotatable bonds is 6. The number of nitrogens with zero attached hydrogens (tertiary/aromatic N) is 1. The van der Waals surface area contributed by atoms with Crippen LogP contribution in [0, 0.1) is 26.6 Å². The Morgan fingerprint density at radius 3 is 2.71 bits per heavy atom. The van der Waals surface area contributed by atoms with Crippen LogP contribution in [0.2, 0.25) is 0 Å². The van der Waals surface area contributed by atoms with Gasteiger partial charge in [0, 0.05) is 18.5 Å². The van der Waals surface area contributed by atoms with Gasteiger partial charge in [0.1, 0.15) is 10.8 Å². The van der Waals surface area contributed by atoms with Gasteiger partial charge < -0.3 is 10.1 Å². The first-order valence-electron chi connectivity index (χ1n) is 6.95. The maximum Gasteiger partial charge on any atom is 0.123 e. The standard InChI is InChI=1S/C16H21FN2OS/c1-10-5-6-13(17)9-14(10)15(18-7-8-20-4)16-19-11(2)12(3)21-16/h5-6,9,15,18H,7-8H2,1-4H3. The van der Waals surface area contributed by atoms with Crippen molar-refractivity contribution in [2.24, 2.45) is 0 Å². The van der Waals surface area contributed by atoms with Crippen molar-refractivity contribution in [1.82, 2.24) is 10.3 Å². The molecule has 1 N–H and O–H groups in total. The van der Waals surface area contributed by atoms with Gasteiger partial charge in [0.2, 0.25) is 0 Å². The van der Waals surface area contributed by atoms with Crippen LogP contribution in [-0.4, -0.2) is 25.2 Å². The second-order valence-corrected chi connectivity index (χ2v) is 6.31. The Morgan fingerprint density at radius 1 is 1.33 bits per heavy atom. The van der Waals surface area contributed by atoms with Gasteiger partial charge in [0.15, 0.2) is 0 Å². The highest BCUT2D eigenvalue weighted by molar-refractivity contribution is 7.11. The molecule has 0 fully saturated rings. The molecule has 1 heterocycles. The predicted molar refractivity (Wildman–Crippen MR) is 84.4 cm³/mol. The number of nitrogens with one attached hydrogen (secondary N) is 1. The second kappa shape index (κ2) is 7.11. The average Bonchev–Trinajstić information content (AvgIpc) is 2.78. The van der Waals surface area contributed by atoms with Crippen LogP contribution in [0.3, 0.4) is 0 Å². The molecule has 2 aromatic rings. The fraction of sp³-hybridized carbons (Fsp3) is 0.438. The van der Waals surface area contributed by atoms with E-state index in [2.05, 4.69) is 17.2 Å². The summed E-state index contributed by atoms with van der Waals surface area (Å²) in [7, 11) is 1.67. The molecule has 1 unspecified atom stereocenters. The van der Waals surface area contributed by atoms with Crippen molar-refractivity contribution in [3.63, 3.8) is 0 Å². The Labute approximate surface area is 129 Å². The maximum absolute atomic E-state index is 13.6. The molecule has 0 aliphatic rings. The smallest absolute Gasteiger partial charge is 0.123 e. The third-order valence-corrected chi connectivity index (χ3v) is 4.64. The number of benzene rings is 1. The molecular weight excluding hydrogens is 287 g/mol. The molecule has 2 rings (SSSR count). The lowest BCUT2D eigenvalue weighted by molar-refractivity contribution is 0.197. The van der Waals surface area contributed by atoms with E-state index in [1.807, 2.05) is 19.9 Å². The molecule has 114 valence electrons. The minimum absolute atomic E-state index is 0.103. The molecule has 1 atom stereocenters. The summed E-state index contributed by atoms with van der Waals surface area (Å²) < 4.78 is 18.7. The number of aromatic nitrogens is 1. The average molecular weight is 308 g/mol. The number of ether oxygens (including phenoxy) is 1. The van der Waals surface area contributed by atoms with Gasteiger partial charge in [-0.05, 0) is 44.0 Å². The van der Waals surface area contributed by atoms with Crippen molar-refractivity contribution in [2.45, 2.75) is 26.8 Å². The normalized spacial score (nSPS) is 12.6. The zero-order chi connectivity index (χ0) is 15.4. The number of aryl methyl sites for hydroxylation is 3. The summed E-state index contributed by atoms with van der Waals surface area (Å²) in [5, 5.41) is 4.39. The summed E-state index contributed by atoms with van der Waals surface area (Å²) in [5.41, 5.74) is 3.01. The van der Waals surface area contributed by atoms with Crippen molar-refractivity contribution in [2.75, 3.05) is 20.3 Å². The fourth-order valence-electron chi connectivity index (χ4n) is 2.18. The first kappa shape index (κ1) is 16.1. The molecule has 0 aliphatic heterocycles. The highest BCUT2D eigenvalue weighted by Crippen LogP contribution is 2.30. The Morgan fingerprint density at radius 2 is 2.10 bits per heavy atom. The third-order valence-electron chi connectivity index (χ3n) is 3.50. The van der Waals surface area contributed by atoms with E-state index in [1.165, 1.54) is 10.9 Å². The van der Waals surface area contributed by atoms with Crippen LogP contribution in [0.4, 0.5) is 4.39 Å². The lowest BCUT2D eigenvalue weighted by Gasteiger charge is -2.19. The lowest BCUT2D eigenvalue weighted by atomic mass is 10.0. The van der Waals surface area contributed by atoms with E-state index in [0.717, 1.165) is 21.8 Å². The summed E-state index contributed by atoms with van der Waals surface area (Å²) >= 11 is 1.65. The number of methoxy groups -OCH3 is 1. The van der Waals surface area contributed by atoms with Crippen LogP contribution in [-0.2, 0) is 4.74 Å². The van der Waals surface area contributed by atoms with Crippen molar-refractivity contribution >= 4 is 11.3 Å². The summed E-state index contributed by atoms with van der Waals surface area (Å²) in [5.74, 6) is -0.223. The van der Waals surface area contributed by atoms with Crippen LogP contribution >= 0.6 is 11.3 Å². The summed E-state index contributed by atoms with van der Waals surface area (Å²) in [4.78, 5) is 5.82. The van der Waals surface area contributed by atoms with Crippen molar-refractivity contribution in [3.05, 3.63) is 50.7 Å². The summed E-state index contributed by atoms with van der Waals surface area (Å²) in [6.45, 7) is 7.34. The molecular formula is C16H21FN2OS. The van der Waals surface area contributed by atoms with Crippen LogP contribution < -0.4 is 5.32 Å². The molecule has 1 aromatic heterocycles. The summed E-state index contributed by atoms with van der Waals surface area (Å²) in [6, 6.07) is 4.78. The molecule has 0 spiro atoms. The van der Waals surface area contributed by atoms with E-state index in [1.54, 1.807) is 24.5 Å². The molecule has 0 saturated heterocycles. The van der Waals surface area contributed by atoms with Crippen molar-refractivity contribution < 1.29 is 9.13 Å². The number of hydrogen-bond donors (Lipinski definition) is 1. The van der Waals surface area contributed by atoms with Gasteiger partial charge in [-0.1, -0.05) is 6.07 Å². The number of halogens is 1. The van der Waals surface area contributed by atoms with Gasteiger partial charge in [-0.25, -0.2) is 9.37 Å². The SMILES string of the molecule is COCCNC(c1nc(C)c(C)s1)c1cc(F)ccc1C.